The van der Waals surface area contributed by atoms with Crippen LogP contribution in [0.4, 0.5) is 10.1 Å². The molecule has 1 aromatic carbocycles. The lowest BCUT2D eigenvalue weighted by Gasteiger charge is -2.20. The standard InChI is InChI=1S/C18H22ClFN4/c1-11-7-22-23-16(11)8-21-17-10-24(9-14(17)12-2-3-12)18-5-4-13(19)6-15(18)20/h4-7,12,14,17,21H,2-3,8-10H2,1H3,(H,22,23)/t14-,17+/m0/s1. The summed E-state index contributed by atoms with van der Waals surface area (Å²) in [5.41, 5.74) is 2.96. The zero-order valence-electron chi connectivity index (χ0n) is 13.7. The number of rotatable bonds is 5. The molecule has 6 heteroatoms. The minimum absolute atomic E-state index is 0.234. The molecule has 4 nitrogen and oxygen atoms in total. The Morgan fingerprint density at radius 1 is 1.38 bits per heavy atom. The Balaban J connectivity index is 1.48. The summed E-state index contributed by atoms with van der Waals surface area (Å²) in [6.45, 7) is 4.56. The topological polar surface area (TPSA) is 44.0 Å². The minimum Gasteiger partial charge on any atom is -0.367 e. The highest BCUT2D eigenvalue weighted by Gasteiger charge is 2.42. The second kappa shape index (κ2) is 6.37. The molecule has 24 heavy (non-hydrogen) atoms. The Hall–Kier alpha value is -1.59. The molecule has 2 heterocycles. The molecular weight excluding hydrogens is 327 g/mol. The number of halogens is 2. The van der Waals surface area contributed by atoms with Gasteiger partial charge in [0.25, 0.3) is 0 Å². The Labute approximate surface area is 146 Å². The van der Waals surface area contributed by atoms with Crippen LogP contribution in [0.15, 0.2) is 24.4 Å². The zero-order chi connectivity index (χ0) is 16.7. The highest BCUT2D eigenvalue weighted by Crippen LogP contribution is 2.42. The third-order valence-electron chi connectivity index (χ3n) is 5.32. The number of aromatic amines is 1. The number of anilines is 1. The second-order valence-corrected chi connectivity index (χ2v) is 7.46. The summed E-state index contributed by atoms with van der Waals surface area (Å²) in [6, 6.07) is 5.33. The Morgan fingerprint density at radius 3 is 2.88 bits per heavy atom. The van der Waals surface area contributed by atoms with Crippen LogP contribution in [0, 0.1) is 24.6 Å². The van der Waals surface area contributed by atoms with E-state index in [1.165, 1.54) is 24.5 Å². The number of aryl methyl sites for hydroxylation is 1. The molecular formula is C18H22ClFN4. The van der Waals surface area contributed by atoms with Crippen LogP contribution >= 0.6 is 11.6 Å². The van der Waals surface area contributed by atoms with Crippen LogP contribution in [0.2, 0.25) is 5.02 Å². The van der Waals surface area contributed by atoms with E-state index in [9.17, 15) is 4.39 Å². The Kier molecular flexibility index (Phi) is 4.22. The van der Waals surface area contributed by atoms with Crippen molar-refractivity contribution >= 4 is 17.3 Å². The summed E-state index contributed by atoms with van der Waals surface area (Å²) >= 11 is 5.88. The van der Waals surface area contributed by atoms with E-state index in [1.54, 1.807) is 12.1 Å². The van der Waals surface area contributed by atoms with Gasteiger partial charge in [0.05, 0.1) is 17.6 Å². The first kappa shape index (κ1) is 15.9. The third-order valence-corrected chi connectivity index (χ3v) is 5.55. The third kappa shape index (κ3) is 3.15. The first-order valence-electron chi connectivity index (χ1n) is 8.54. The first-order valence-corrected chi connectivity index (χ1v) is 8.92. The van der Waals surface area contributed by atoms with Crippen LogP contribution in [-0.2, 0) is 6.54 Å². The molecule has 2 aromatic rings. The van der Waals surface area contributed by atoms with E-state index >= 15 is 0 Å². The predicted octanol–water partition coefficient (Wildman–Crippen LogP) is 3.52. The Morgan fingerprint density at radius 2 is 2.21 bits per heavy atom. The van der Waals surface area contributed by atoms with Gasteiger partial charge in [0, 0.05) is 30.7 Å². The fourth-order valence-corrected chi connectivity index (χ4v) is 3.93. The van der Waals surface area contributed by atoms with Crippen LogP contribution in [0.25, 0.3) is 0 Å². The van der Waals surface area contributed by atoms with Crippen molar-refractivity contribution in [2.75, 3.05) is 18.0 Å². The smallest absolute Gasteiger partial charge is 0.147 e. The molecule has 2 aliphatic rings. The summed E-state index contributed by atoms with van der Waals surface area (Å²) in [4.78, 5) is 2.16. The van der Waals surface area contributed by atoms with Gasteiger partial charge >= 0.3 is 0 Å². The van der Waals surface area contributed by atoms with Crippen LogP contribution in [-0.4, -0.2) is 29.3 Å². The zero-order valence-corrected chi connectivity index (χ0v) is 14.5. The lowest BCUT2D eigenvalue weighted by Crippen LogP contribution is -2.37. The van der Waals surface area contributed by atoms with Crippen molar-refractivity contribution in [3.63, 3.8) is 0 Å². The van der Waals surface area contributed by atoms with Crippen LogP contribution in [0.3, 0.4) is 0 Å². The summed E-state index contributed by atoms with van der Waals surface area (Å²) in [7, 11) is 0. The molecule has 4 rings (SSSR count). The first-order chi connectivity index (χ1) is 11.6. The maximum atomic E-state index is 14.3. The van der Waals surface area contributed by atoms with Gasteiger partial charge in [-0.25, -0.2) is 4.39 Å². The molecule has 0 bridgehead atoms. The summed E-state index contributed by atoms with van der Waals surface area (Å²) in [6.07, 6.45) is 4.44. The normalized spacial score (nSPS) is 23.9. The average Bonchev–Trinajstić information content (AvgIpc) is 3.18. The van der Waals surface area contributed by atoms with Gasteiger partial charge < -0.3 is 10.2 Å². The lowest BCUT2D eigenvalue weighted by atomic mass is 9.98. The van der Waals surface area contributed by atoms with Crippen molar-refractivity contribution in [2.24, 2.45) is 11.8 Å². The molecule has 0 unspecified atom stereocenters. The largest absolute Gasteiger partial charge is 0.367 e. The van der Waals surface area contributed by atoms with Crippen LogP contribution < -0.4 is 10.2 Å². The van der Waals surface area contributed by atoms with Crippen molar-refractivity contribution in [2.45, 2.75) is 32.4 Å². The molecule has 0 spiro atoms. The van der Waals surface area contributed by atoms with E-state index in [1.807, 2.05) is 6.20 Å². The number of aromatic nitrogens is 2. The number of benzene rings is 1. The highest BCUT2D eigenvalue weighted by molar-refractivity contribution is 6.30. The number of nitrogens with one attached hydrogen (secondary N) is 2. The van der Waals surface area contributed by atoms with Gasteiger partial charge in [-0.05, 0) is 55.4 Å². The number of hydrogen-bond donors (Lipinski definition) is 2. The maximum absolute atomic E-state index is 14.3. The summed E-state index contributed by atoms with van der Waals surface area (Å²) in [5.74, 6) is 1.11. The quantitative estimate of drug-likeness (QED) is 0.869. The predicted molar refractivity (Wildman–Crippen MR) is 93.8 cm³/mol. The van der Waals surface area contributed by atoms with E-state index in [0.717, 1.165) is 31.2 Å². The molecule has 1 aliphatic heterocycles. The van der Waals surface area contributed by atoms with Crippen LogP contribution in [0.1, 0.15) is 24.1 Å². The van der Waals surface area contributed by atoms with E-state index < -0.39 is 0 Å². The summed E-state index contributed by atoms with van der Waals surface area (Å²) in [5, 5.41) is 11.2. The molecule has 1 aliphatic carbocycles. The monoisotopic (exact) mass is 348 g/mol. The van der Waals surface area contributed by atoms with Gasteiger partial charge in [-0.15, -0.1) is 0 Å². The lowest BCUT2D eigenvalue weighted by molar-refractivity contribution is 0.384. The SMILES string of the molecule is Cc1cn[nH]c1CN[C@@H]1CN(c2ccc(Cl)cc2F)C[C@H]1C1CC1. The van der Waals surface area contributed by atoms with Crippen molar-refractivity contribution in [3.8, 4) is 0 Å². The molecule has 1 saturated heterocycles. The molecule has 0 amide bonds. The minimum atomic E-state index is -0.234. The van der Waals surface area contributed by atoms with Crippen molar-refractivity contribution < 1.29 is 4.39 Å². The summed E-state index contributed by atoms with van der Waals surface area (Å²) < 4.78 is 14.3. The van der Waals surface area contributed by atoms with Gasteiger partial charge in [0.15, 0.2) is 0 Å². The van der Waals surface area contributed by atoms with E-state index in [4.69, 9.17) is 11.6 Å². The fourth-order valence-electron chi connectivity index (χ4n) is 3.77. The van der Waals surface area contributed by atoms with E-state index in [2.05, 4.69) is 27.3 Å². The van der Waals surface area contributed by atoms with Gasteiger partial charge in [-0.2, -0.15) is 5.10 Å². The molecule has 1 aromatic heterocycles. The van der Waals surface area contributed by atoms with Crippen LogP contribution in [0.5, 0.6) is 0 Å². The molecule has 128 valence electrons. The van der Waals surface area contributed by atoms with Gasteiger partial charge in [0.1, 0.15) is 5.82 Å². The van der Waals surface area contributed by atoms with Gasteiger partial charge in [-0.3, -0.25) is 5.10 Å². The van der Waals surface area contributed by atoms with Crippen molar-refractivity contribution in [1.82, 2.24) is 15.5 Å². The molecule has 2 atom stereocenters. The fraction of sp³-hybridized carbons (Fsp3) is 0.500. The number of H-pyrrole nitrogens is 1. The van der Waals surface area contributed by atoms with Gasteiger partial charge in [-0.1, -0.05) is 11.6 Å². The van der Waals surface area contributed by atoms with Crippen molar-refractivity contribution in [1.29, 1.82) is 0 Å². The van der Waals surface area contributed by atoms with E-state index in [-0.39, 0.29) is 5.82 Å². The Bertz CT molecular complexity index is 728. The molecule has 1 saturated carbocycles. The van der Waals surface area contributed by atoms with Gasteiger partial charge in [0.2, 0.25) is 0 Å². The second-order valence-electron chi connectivity index (χ2n) is 7.02. The molecule has 2 fully saturated rings. The highest BCUT2D eigenvalue weighted by atomic mass is 35.5. The van der Waals surface area contributed by atoms with E-state index in [0.29, 0.717) is 22.7 Å². The number of nitrogens with zero attached hydrogens (tertiary/aromatic N) is 2. The number of hydrogen-bond acceptors (Lipinski definition) is 3. The molecule has 0 radical (unpaired) electrons. The van der Waals surface area contributed by atoms with Crippen molar-refractivity contribution in [3.05, 3.63) is 46.5 Å². The average molecular weight is 349 g/mol. The maximum Gasteiger partial charge on any atom is 0.147 e. The molecule has 2 N–H and O–H groups in total.